The normalized spacial score (nSPS) is 10.5. The number of halogens is 1. The quantitative estimate of drug-likeness (QED) is 0.309. The summed E-state index contributed by atoms with van der Waals surface area (Å²) in [6.07, 6.45) is 2.42. The van der Waals surface area contributed by atoms with E-state index in [1.165, 1.54) is 18.2 Å². The predicted molar refractivity (Wildman–Crippen MR) is 84.3 cm³/mol. The first kappa shape index (κ1) is 16.2. The fraction of sp³-hybridized carbons (Fsp3) is 0.267. The lowest BCUT2D eigenvalue weighted by molar-refractivity contribution is -0.384. The molecule has 0 aliphatic heterocycles. The number of carbonyl (C=O) groups excluding carboxylic acids is 1. The Kier molecular flexibility index (Phi) is 5.32. The highest BCUT2D eigenvalue weighted by atomic mass is 79.9. The van der Waals surface area contributed by atoms with E-state index < -0.39 is 4.92 Å². The molecule has 1 heterocycles. The number of ether oxygens (including phenoxy) is 1. The molecule has 0 bridgehead atoms. The molecule has 2 aromatic rings. The molecule has 0 unspecified atom stereocenters. The van der Waals surface area contributed by atoms with Gasteiger partial charge in [0.05, 0.1) is 21.6 Å². The third-order valence-electron chi connectivity index (χ3n) is 3.01. The number of aldehydes is 1. The van der Waals surface area contributed by atoms with Gasteiger partial charge in [0.15, 0.2) is 12.0 Å². The highest BCUT2D eigenvalue weighted by Gasteiger charge is 2.22. The summed E-state index contributed by atoms with van der Waals surface area (Å²) in [6, 6.07) is 5.91. The van der Waals surface area contributed by atoms with Gasteiger partial charge < -0.3 is 9.15 Å². The van der Waals surface area contributed by atoms with Gasteiger partial charge in [0.2, 0.25) is 0 Å². The van der Waals surface area contributed by atoms with Crippen molar-refractivity contribution in [2.24, 2.45) is 0 Å². The van der Waals surface area contributed by atoms with Gasteiger partial charge in [-0.05, 0) is 40.5 Å². The molecular weight excluding hydrogens is 354 g/mol. The first-order valence-electron chi connectivity index (χ1n) is 6.73. The van der Waals surface area contributed by atoms with Crippen molar-refractivity contribution in [3.8, 4) is 17.1 Å². The average molecular weight is 368 g/mol. The van der Waals surface area contributed by atoms with Crippen LogP contribution < -0.4 is 4.74 Å². The summed E-state index contributed by atoms with van der Waals surface area (Å²) < 4.78 is 11.4. The Balaban J connectivity index is 2.46. The van der Waals surface area contributed by atoms with Crippen molar-refractivity contribution in [2.45, 2.75) is 19.8 Å². The van der Waals surface area contributed by atoms with E-state index in [2.05, 4.69) is 15.9 Å². The van der Waals surface area contributed by atoms with E-state index in [1.807, 2.05) is 6.92 Å². The van der Waals surface area contributed by atoms with Gasteiger partial charge in [-0.15, -0.1) is 0 Å². The first-order valence-corrected chi connectivity index (χ1v) is 7.52. The largest absolute Gasteiger partial charge is 0.492 e. The van der Waals surface area contributed by atoms with Crippen LogP contribution in [0.15, 0.2) is 33.2 Å². The third-order valence-corrected chi connectivity index (χ3v) is 3.63. The van der Waals surface area contributed by atoms with Crippen LogP contribution >= 0.6 is 15.9 Å². The number of hydrogen-bond donors (Lipinski definition) is 0. The van der Waals surface area contributed by atoms with Crippen molar-refractivity contribution >= 4 is 27.9 Å². The molecular formula is C15H14BrNO5. The van der Waals surface area contributed by atoms with Crippen LogP contribution in [0.3, 0.4) is 0 Å². The first-order chi connectivity index (χ1) is 10.6. The number of carbonyl (C=O) groups is 1. The lowest BCUT2D eigenvalue weighted by Gasteiger charge is -2.09. The highest BCUT2D eigenvalue weighted by Crippen LogP contribution is 2.39. The molecule has 0 N–H and O–H groups in total. The molecule has 0 radical (unpaired) electrons. The average Bonchev–Trinajstić information content (AvgIpc) is 2.97. The maximum Gasteiger partial charge on any atom is 0.281 e. The molecule has 0 fully saturated rings. The molecule has 22 heavy (non-hydrogen) atoms. The van der Waals surface area contributed by atoms with E-state index in [0.717, 1.165) is 12.8 Å². The van der Waals surface area contributed by atoms with Gasteiger partial charge in [-0.25, -0.2) is 0 Å². The van der Waals surface area contributed by atoms with Crippen LogP contribution in [0.2, 0.25) is 0 Å². The molecule has 0 amide bonds. The zero-order chi connectivity index (χ0) is 16.1. The molecule has 0 aliphatic rings. The minimum atomic E-state index is -0.501. The molecule has 0 aliphatic carbocycles. The van der Waals surface area contributed by atoms with Crippen molar-refractivity contribution in [2.75, 3.05) is 6.61 Å². The van der Waals surface area contributed by atoms with E-state index in [4.69, 9.17) is 9.15 Å². The lowest BCUT2D eigenvalue weighted by atomic mass is 10.1. The molecule has 0 saturated heterocycles. The molecule has 1 aromatic heterocycles. The fourth-order valence-corrected chi connectivity index (χ4v) is 2.34. The summed E-state index contributed by atoms with van der Waals surface area (Å²) >= 11 is 3.28. The van der Waals surface area contributed by atoms with E-state index in [9.17, 15) is 14.9 Å². The summed E-state index contributed by atoms with van der Waals surface area (Å²) in [6.45, 7) is 2.56. The lowest BCUT2D eigenvalue weighted by Crippen LogP contribution is -1.99. The van der Waals surface area contributed by atoms with Gasteiger partial charge in [0.1, 0.15) is 11.5 Å². The Labute approximate surface area is 135 Å². The number of unbranched alkanes of at least 4 members (excludes halogenated alkanes) is 1. The van der Waals surface area contributed by atoms with Gasteiger partial charge in [-0.1, -0.05) is 13.3 Å². The van der Waals surface area contributed by atoms with Gasteiger partial charge in [0.25, 0.3) is 5.69 Å². The number of nitro groups is 1. The topological polar surface area (TPSA) is 82.6 Å². The number of furan rings is 1. The zero-order valence-corrected chi connectivity index (χ0v) is 13.5. The van der Waals surface area contributed by atoms with E-state index >= 15 is 0 Å². The SMILES string of the molecule is CCCCOc1cc(-c2ccc(C=O)o2)c([N+](=O)[O-])cc1Br. The molecule has 0 saturated carbocycles. The predicted octanol–water partition coefficient (Wildman–Crippen LogP) is 4.61. The van der Waals surface area contributed by atoms with Gasteiger partial charge in [-0.2, -0.15) is 0 Å². The van der Waals surface area contributed by atoms with Crippen LogP contribution in [0.5, 0.6) is 5.75 Å². The Morgan fingerprint density at radius 2 is 2.18 bits per heavy atom. The second-order valence-electron chi connectivity index (χ2n) is 4.58. The molecule has 116 valence electrons. The summed E-state index contributed by atoms with van der Waals surface area (Å²) in [4.78, 5) is 21.4. The molecule has 6 nitrogen and oxygen atoms in total. The second-order valence-corrected chi connectivity index (χ2v) is 5.43. The minimum absolute atomic E-state index is 0.112. The molecule has 1 aromatic carbocycles. The molecule has 2 rings (SSSR count). The van der Waals surface area contributed by atoms with Crippen molar-refractivity contribution in [3.63, 3.8) is 0 Å². The van der Waals surface area contributed by atoms with Crippen molar-refractivity contribution < 1.29 is 18.9 Å². The monoisotopic (exact) mass is 367 g/mol. The Hall–Kier alpha value is -2.15. The summed E-state index contributed by atoms with van der Waals surface area (Å²) in [7, 11) is 0. The van der Waals surface area contributed by atoms with Crippen LogP contribution in [0, 0.1) is 10.1 Å². The Bertz CT molecular complexity index is 695. The number of hydrogen-bond acceptors (Lipinski definition) is 5. The van der Waals surface area contributed by atoms with E-state index in [1.54, 1.807) is 6.07 Å². The molecule has 0 atom stereocenters. The number of benzene rings is 1. The van der Waals surface area contributed by atoms with Gasteiger partial charge >= 0.3 is 0 Å². The van der Waals surface area contributed by atoms with Crippen molar-refractivity contribution in [3.05, 3.63) is 44.6 Å². The number of nitro benzene ring substituents is 1. The van der Waals surface area contributed by atoms with Crippen molar-refractivity contribution in [1.82, 2.24) is 0 Å². The summed E-state index contributed by atoms with van der Waals surface area (Å²) in [5.41, 5.74) is 0.148. The van der Waals surface area contributed by atoms with Gasteiger partial charge in [-0.3, -0.25) is 14.9 Å². The summed E-state index contributed by atoms with van der Waals surface area (Å²) in [5, 5.41) is 11.2. The fourth-order valence-electron chi connectivity index (χ4n) is 1.89. The van der Waals surface area contributed by atoms with Crippen LogP contribution in [0.4, 0.5) is 5.69 Å². The van der Waals surface area contributed by atoms with E-state index in [0.29, 0.717) is 23.1 Å². The number of rotatable bonds is 7. The zero-order valence-electron chi connectivity index (χ0n) is 11.9. The van der Waals surface area contributed by atoms with Gasteiger partial charge in [0, 0.05) is 6.07 Å². The standard InChI is InChI=1S/C15H14BrNO5/c1-2-3-6-21-15-7-11(13(17(19)20)8-12(15)16)14-5-4-10(9-18)22-14/h4-5,7-9H,2-3,6H2,1H3. The second kappa shape index (κ2) is 7.22. The van der Waals surface area contributed by atoms with Crippen LogP contribution in [0.1, 0.15) is 30.3 Å². The molecule has 0 spiro atoms. The minimum Gasteiger partial charge on any atom is -0.492 e. The number of nitrogens with zero attached hydrogens (tertiary/aromatic N) is 1. The smallest absolute Gasteiger partial charge is 0.281 e. The van der Waals surface area contributed by atoms with Crippen molar-refractivity contribution in [1.29, 1.82) is 0 Å². The Morgan fingerprint density at radius 1 is 1.41 bits per heavy atom. The maximum absolute atomic E-state index is 11.2. The highest BCUT2D eigenvalue weighted by molar-refractivity contribution is 9.10. The third kappa shape index (κ3) is 3.54. The van der Waals surface area contributed by atoms with E-state index in [-0.39, 0.29) is 22.8 Å². The maximum atomic E-state index is 11.2. The van der Waals surface area contributed by atoms with Crippen LogP contribution in [-0.4, -0.2) is 17.8 Å². The Morgan fingerprint density at radius 3 is 2.77 bits per heavy atom. The van der Waals surface area contributed by atoms with Crippen LogP contribution in [0.25, 0.3) is 11.3 Å². The summed E-state index contributed by atoms with van der Waals surface area (Å²) in [5.74, 6) is 0.861. The molecule has 7 heteroatoms. The van der Waals surface area contributed by atoms with Crippen LogP contribution in [-0.2, 0) is 0 Å².